The lowest BCUT2D eigenvalue weighted by atomic mass is 10.2. The molecule has 5 heteroatoms. The molecule has 1 aromatic rings. The highest BCUT2D eigenvalue weighted by molar-refractivity contribution is 5.79. The Hall–Kier alpha value is -1.65. The van der Waals surface area contributed by atoms with Crippen LogP contribution in [0.25, 0.3) is 0 Å². The number of rotatable bonds is 2. The second-order valence-electron chi connectivity index (χ2n) is 4.15. The maximum atomic E-state index is 13.0. The number of hydrogen-bond acceptors (Lipinski definition) is 1. The van der Waals surface area contributed by atoms with E-state index in [0.717, 1.165) is 12.0 Å². The zero-order chi connectivity index (χ0) is 13.0. The Bertz CT molecular complexity index is 404. The third-order valence-electron chi connectivity index (χ3n) is 2.19. The molecule has 0 aliphatic heterocycles. The maximum Gasteiger partial charge on any atom is 0.195 e. The summed E-state index contributed by atoms with van der Waals surface area (Å²) in [6, 6.07) is 3.82. The summed E-state index contributed by atoms with van der Waals surface area (Å²) >= 11 is 0. The molecule has 0 N–H and O–H groups in total. The van der Waals surface area contributed by atoms with Gasteiger partial charge in [-0.15, -0.1) is 0 Å². The standard InChI is InChI=1S/C12H17F2N3/c1-16(2)12(17(3)4)15-8-9-5-6-10(13)11(14)7-9/h5-7H,8H2,1-4H3. The van der Waals surface area contributed by atoms with Gasteiger partial charge in [-0.3, -0.25) is 0 Å². The zero-order valence-corrected chi connectivity index (χ0v) is 10.5. The lowest BCUT2D eigenvalue weighted by Crippen LogP contribution is -2.35. The van der Waals surface area contributed by atoms with Gasteiger partial charge < -0.3 is 9.80 Å². The molecule has 0 saturated heterocycles. The molecule has 0 aliphatic rings. The Labute approximate surface area is 100 Å². The summed E-state index contributed by atoms with van der Waals surface area (Å²) in [5.41, 5.74) is 0.644. The van der Waals surface area contributed by atoms with Crippen LogP contribution in [-0.2, 0) is 6.54 Å². The van der Waals surface area contributed by atoms with Gasteiger partial charge in [-0.05, 0) is 17.7 Å². The van der Waals surface area contributed by atoms with Crippen LogP contribution in [0.4, 0.5) is 8.78 Å². The Morgan fingerprint density at radius 1 is 1.06 bits per heavy atom. The topological polar surface area (TPSA) is 18.8 Å². The van der Waals surface area contributed by atoms with Crippen molar-refractivity contribution in [1.82, 2.24) is 9.80 Å². The SMILES string of the molecule is CN(C)C(=NCc1ccc(F)c(F)c1)N(C)C. The summed E-state index contributed by atoms with van der Waals surface area (Å²) in [5, 5.41) is 0. The first-order chi connectivity index (χ1) is 7.91. The molecule has 1 aromatic carbocycles. The summed E-state index contributed by atoms with van der Waals surface area (Å²) < 4.78 is 25.7. The lowest BCUT2D eigenvalue weighted by molar-refractivity contribution is 0.479. The van der Waals surface area contributed by atoms with E-state index in [9.17, 15) is 8.78 Å². The number of benzene rings is 1. The Morgan fingerprint density at radius 2 is 1.65 bits per heavy atom. The minimum atomic E-state index is -0.839. The third kappa shape index (κ3) is 3.69. The minimum Gasteiger partial charge on any atom is -0.349 e. The molecule has 0 bridgehead atoms. The molecule has 0 amide bonds. The van der Waals surface area contributed by atoms with Crippen LogP contribution in [0.2, 0.25) is 0 Å². The van der Waals surface area contributed by atoms with Crippen molar-refractivity contribution >= 4 is 5.96 Å². The molecule has 0 saturated carbocycles. The molecule has 0 aliphatic carbocycles. The molecule has 0 fully saturated rings. The Morgan fingerprint density at radius 3 is 2.12 bits per heavy atom. The van der Waals surface area contributed by atoms with Gasteiger partial charge in [-0.2, -0.15) is 0 Å². The molecule has 0 radical (unpaired) electrons. The summed E-state index contributed by atoms with van der Waals surface area (Å²) in [7, 11) is 7.52. The number of halogens is 2. The Balaban J connectivity index is 2.83. The average Bonchev–Trinajstić information content (AvgIpc) is 2.22. The van der Waals surface area contributed by atoms with Gasteiger partial charge in [-0.1, -0.05) is 6.07 Å². The average molecular weight is 241 g/mol. The van der Waals surface area contributed by atoms with E-state index in [1.807, 2.05) is 38.0 Å². The number of hydrogen-bond donors (Lipinski definition) is 0. The highest BCUT2D eigenvalue weighted by atomic mass is 19.2. The van der Waals surface area contributed by atoms with Crippen LogP contribution in [0.1, 0.15) is 5.56 Å². The van der Waals surface area contributed by atoms with Crippen molar-refractivity contribution in [2.24, 2.45) is 4.99 Å². The zero-order valence-electron chi connectivity index (χ0n) is 10.5. The first kappa shape index (κ1) is 13.4. The third-order valence-corrected chi connectivity index (χ3v) is 2.19. The molecule has 94 valence electrons. The van der Waals surface area contributed by atoms with Gasteiger partial charge in [0.1, 0.15) is 0 Å². The van der Waals surface area contributed by atoms with Crippen LogP contribution in [0.5, 0.6) is 0 Å². The minimum absolute atomic E-state index is 0.322. The van der Waals surface area contributed by atoms with Crippen molar-refractivity contribution in [3.63, 3.8) is 0 Å². The number of guanidine groups is 1. The van der Waals surface area contributed by atoms with E-state index in [4.69, 9.17) is 0 Å². The van der Waals surface area contributed by atoms with E-state index in [-0.39, 0.29) is 0 Å². The summed E-state index contributed by atoms with van der Waals surface area (Å²) in [5.74, 6) is -0.901. The van der Waals surface area contributed by atoms with Gasteiger partial charge in [0.05, 0.1) is 6.54 Å². The van der Waals surface area contributed by atoms with Gasteiger partial charge in [0.15, 0.2) is 17.6 Å². The molecular weight excluding hydrogens is 224 g/mol. The molecule has 1 rings (SSSR count). The van der Waals surface area contributed by atoms with Crippen molar-refractivity contribution in [3.8, 4) is 0 Å². The summed E-state index contributed by atoms with van der Waals surface area (Å²) in [6.07, 6.45) is 0. The fourth-order valence-corrected chi connectivity index (χ4v) is 1.48. The number of nitrogens with zero attached hydrogens (tertiary/aromatic N) is 3. The van der Waals surface area contributed by atoms with Crippen molar-refractivity contribution in [1.29, 1.82) is 0 Å². The highest BCUT2D eigenvalue weighted by Crippen LogP contribution is 2.09. The fraction of sp³-hybridized carbons (Fsp3) is 0.417. The van der Waals surface area contributed by atoms with Gasteiger partial charge in [-0.25, -0.2) is 13.8 Å². The second kappa shape index (κ2) is 5.61. The van der Waals surface area contributed by atoms with E-state index >= 15 is 0 Å². The lowest BCUT2D eigenvalue weighted by Gasteiger charge is -2.22. The van der Waals surface area contributed by atoms with Crippen molar-refractivity contribution < 1.29 is 8.78 Å². The molecule has 0 heterocycles. The van der Waals surface area contributed by atoms with E-state index < -0.39 is 11.6 Å². The number of aliphatic imine (C=N–C) groups is 1. The van der Waals surface area contributed by atoms with Crippen molar-refractivity contribution in [3.05, 3.63) is 35.4 Å². The molecular formula is C12H17F2N3. The quantitative estimate of drug-likeness (QED) is 0.582. The maximum absolute atomic E-state index is 13.0. The van der Waals surface area contributed by atoms with Gasteiger partial charge in [0, 0.05) is 28.2 Å². The predicted octanol–water partition coefficient (Wildman–Crippen LogP) is 1.94. The molecule has 0 atom stereocenters. The molecule has 0 aromatic heterocycles. The molecule has 0 spiro atoms. The van der Waals surface area contributed by atoms with Crippen molar-refractivity contribution in [2.75, 3.05) is 28.2 Å². The molecule has 0 unspecified atom stereocenters. The van der Waals surface area contributed by atoms with E-state index in [2.05, 4.69) is 4.99 Å². The van der Waals surface area contributed by atoms with Gasteiger partial charge in [0.25, 0.3) is 0 Å². The van der Waals surface area contributed by atoms with Gasteiger partial charge >= 0.3 is 0 Å². The van der Waals surface area contributed by atoms with Gasteiger partial charge in [0.2, 0.25) is 0 Å². The highest BCUT2D eigenvalue weighted by Gasteiger charge is 2.05. The predicted molar refractivity (Wildman–Crippen MR) is 64.9 cm³/mol. The van der Waals surface area contributed by atoms with Crippen molar-refractivity contribution in [2.45, 2.75) is 6.54 Å². The van der Waals surface area contributed by atoms with Crippen LogP contribution in [-0.4, -0.2) is 44.0 Å². The summed E-state index contributed by atoms with van der Waals surface area (Å²) in [4.78, 5) is 8.07. The Kier molecular flexibility index (Phi) is 4.43. The first-order valence-electron chi connectivity index (χ1n) is 5.25. The van der Waals surface area contributed by atoms with E-state index in [1.54, 1.807) is 0 Å². The summed E-state index contributed by atoms with van der Waals surface area (Å²) in [6.45, 7) is 0.322. The smallest absolute Gasteiger partial charge is 0.195 e. The first-order valence-corrected chi connectivity index (χ1v) is 5.25. The fourth-order valence-electron chi connectivity index (χ4n) is 1.48. The molecule has 3 nitrogen and oxygen atoms in total. The van der Waals surface area contributed by atoms with Crippen LogP contribution in [0.15, 0.2) is 23.2 Å². The normalized spacial score (nSPS) is 10.0. The van der Waals surface area contributed by atoms with E-state index in [1.165, 1.54) is 12.1 Å². The second-order valence-corrected chi connectivity index (χ2v) is 4.15. The molecule has 17 heavy (non-hydrogen) atoms. The monoisotopic (exact) mass is 241 g/mol. The van der Waals surface area contributed by atoms with Crippen LogP contribution in [0.3, 0.4) is 0 Å². The largest absolute Gasteiger partial charge is 0.349 e. The van der Waals surface area contributed by atoms with Crippen LogP contribution < -0.4 is 0 Å². The van der Waals surface area contributed by atoms with Crippen LogP contribution >= 0.6 is 0 Å². The van der Waals surface area contributed by atoms with E-state index in [0.29, 0.717) is 12.1 Å². The van der Waals surface area contributed by atoms with Crippen LogP contribution in [0, 0.1) is 11.6 Å².